The average Bonchev–Trinajstić information content (AvgIpc) is 3.32. The molecule has 0 spiro atoms. The van der Waals surface area contributed by atoms with E-state index in [1.807, 2.05) is 12.1 Å². The molecule has 1 heterocycles. The van der Waals surface area contributed by atoms with Gasteiger partial charge in [-0.1, -0.05) is 109 Å². The molecule has 7 rings (SSSR count). The SMILES string of the molecule is Sc1ccccc1-c1cccc(C2=CC(c3cccc(N4c5ccccc5C5C=CC=CC54)c3)CC=C2)c1. The van der Waals surface area contributed by atoms with Gasteiger partial charge in [-0.3, -0.25) is 0 Å². The predicted octanol–water partition coefficient (Wildman–Crippen LogP) is 9.50. The molecular formula is C36H29NS. The maximum Gasteiger partial charge on any atom is 0.0629 e. The van der Waals surface area contributed by atoms with Crippen LogP contribution in [-0.4, -0.2) is 6.04 Å². The van der Waals surface area contributed by atoms with Crippen LogP contribution >= 0.6 is 12.6 Å². The summed E-state index contributed by atoms with van der Waals surface area (Å²) in [4.78, 5) is 3.52. The van der Waals surface area contributed by atoms with E-state index in [1.165, 1.54) is 39.2 Å². The quantitative estimate of drug-likeness (QED) is 0.269. The number of anilines is 2. The predicted molar refractivity (Wildman–Crippen MR) is 163 cm³/mol. The molecule has 0 saturated carbocycles. The molecule has 0 aromatic heterocycles. The number of nitrogens with zero attached hydrogens (tertiary/aromatic N) is 1. The van der Waals surface area contributed by atoms with Crippen LogP contribution < -0.4 is 4.90 Å². The normalized spacial score (nSPS) is 21.2. The molecule has 184 valence electrons. The van der Waals surface area contributed by atoms with E-state index in [2.05, 4.69) is 145 Å². The van der Waals surface area contributed by atoms with Crippen molar-refractivity contribution in [2.24, 2.45) is 0 Å². The maximum atomic E-state index is 4.68. The van der Waals surface area contributed by atoms with Gasteiger partial charge in [0.1, 0.15) is 0 Å². The summed E-state index contributed by atoms with van der Waals surface area (Å²) in [5.74, 6) is 0.741. The van der Waals surface area contributed by atoms with Gasteiger partial charge < -0.3 is 4.90 Å². The van der Waals surface area contributed by atoms with Crippen molar-refractivity contribution in [1.82, 2.24) is 0 Å². The van der Waals surface area contributed by atoms with Gasteiger partial charge >= 0.3 is 0 Å². The van der Waals surface area contributed by atoms with Crippen molar-refractivity contribution in [3.05, 3.63) is 156 Å². The van der Waals surface area contributed by atoms with E-state index in [0.717, 1.165) is 16.9 Å². The molecule has 0 amide bonds. The molecule has 3 aliphatic rings. The third kappa shape index (κ3) is 4.06. The van der Waals surface area contributed by atoms with Crippen LogP contribution in [0.2, 0.25) is 0 Å². The largest absolute Gasteiger partial charge is 0.333 e. The van der Waals surface area contributed by atoms with E-state index in [9.17, 15) is 0 Å². The van der Waals surface area contributed by atoms with Gasteiger partial charge in [-0.2, -0.15) is 0 Å². The lowest BCUT2D eigenvalue weighted by Crippen LogP contribution is -2.28. The number of benzene rings is 4. The van der Waals surface area contributed by atoms with Crippen LogP contribution in [-0.2, 0) is 0 Å². The van der Waals surface area contributed by atoms with E-state index >= 15 is 0 Å². The fourth-order valence-electron chi connectivity index (χ4n) is 6.19. The van der Waals surface area contributed by atoms with Gasteiger partial charge in [0.15, 0.2) is 0 Å². The summed E-state index contributed by atoms with van der Waals surface area (Å²) in [6.45, 7) is 0. The smallest absolute Gasteiger partial charge is 0.0629 e. The summed E-state index contributed by atoms with van der Waals surface area (Å²) in [5, 5.41) is 0. The molecule has 0 bridgehead atoms. The number of hydrogen-bond acceptors (Lipinski definition) is 2. The van der Waals surface area contributed by atoms with Crippen LogP contribution in [0.25, 0.3) is 16.7 Å². The Hall–Kier alpha value is -4.01. The molecule has 0 radical (unpaired) electrons. The summed E-state index contributed by atoms with van der Waals surface area (Å²) in [6.07, 6.45) is 17.1. The molecular weight excluding hydrogens is 478 g/mol. The molecule has 0 saturated heterocycles. The number of thiol groups is 1. The number of para-hydroxylation sites is 1. The van der Waals surface area contributed by atoms with Crippen LogP contribution in [0.4, 0.5) is 11.4 Å². The minimum atomic E-state index is 0.322. The minimum absolute atomic E-state index is 0.322. The molecule has 4 aromatic carbocycles. The standard InChI is InChI=1S/C36H29NS/c38-36-21-6-3-16-31(36)29-14-8-12-27(23-29)25-10-7-11-26(22-25)28-13-9-15-30(24-28)37-34-19-4-1-17-32(34)33-18-2-5-20-35(33)37/h1-10,12-24,26,32,34,38H,11H2. The van der Waals surface area contributed by atoms with Crippen LogP contribution in [0.1, 0.15) is 34.9 Å². The third-order valence-corrected chi connectivity index (χ3v) is 8.40. The summed E-state index contributed by atoms with van der Waals surface area (Å²) >= 11 is 4.68. The number of hydrogen-bond donors (Lipinski definition) is 1. The highest BCUT2D eigenvalue weighted by atomic mass is 32.1. The van der Waals surface area contributed by atoms with Crippen LogP contribution in [0, 0.1) is 0 Å². The minimum Gasteiger partial charge on any atom is -0.333 e. The molecule has 2 heteroatoms. The van der Waals surface area contributed by atoms with Gasteiger partial charge in [0.2, 0.25) is 0 Å². The second-order valence-corrected chi connectivity index (χ2v) is 10.8. The topological polar surface area (TPSA) is 3.24 Å². The highest BCUT2D eigenvalue weighted by Gasteiger charge is 2.37. The van der Waals surface area contributed by atoms with E-state index in [4.69, 9.17) is 0 Å². The van der Waals surface area contributed by atoms with Crippen molar-refractivity contribution in [3.8, 4) is 11.1 Å². The second-order valence-electron chi connectivity index (χ2n) is 10.3. The molecule has 2 aliphatic carbocycles. The molecule has 0 fully saturated rings. The van der Waals surface area contributed by atoms with E-state index in [1.54, 1.807) is 0 Å². The van der Waals surface area contributed by atoms with Crippen molar-refractivity contribution in [3.63, 3.8) is 0 Å². The number of rotatable bonds is 4. The van der Waals surface area contributed by atoms with Gasteiger partial charge in [0.05, 0.1) is 6.04 Å². The Bertz CT molecular complexity index is 1640. The van der Waals surface area contributed by atoms with Crippen LogP contribution in [0.3, 0.4) is 0 Å². The lowest BCUT2D eigenvalue weighted by molar-refractivity contribution is 0.743. The first kappa shape index (κ1) is 23.1. The maximum absolute atomic E-state index is 4.68. The van der Waals surface area contributed by atoms with Gasteiger partial charge in [0.25, 0.3) is 0 Å². The highest BCUT2D eigenvalue weighted by molar-refractivity contribution is 7.80. The molecule has 3 unspecified atom stereocenters. The lowest BCUT2D eigenvalue weighted by atomic mass is 9.86. The van der Waals surface area contributed by atoms with Crippen molar-refractivity contribution in [2.75, 3.05) is 4.90 Å². The second kappa shape index (κ2) is 9.70. The van der Waals surface area contributed by atoms with Crippen molar-refractivity contribution >= 4 is 29.6 Å². The zero-order chi connectivity index (χ0) is 25.5. The Balaban J connectivity index is 1.22. The Kier molecular flexibility index (Phi) is 5.91. The lowest BCUT2D eigenvalue weighted by Gasteiger charge is -2.29. The number of fused-ring (bicyclic) bond motifs is 3. The van der Waals surface area contributed by atoms with Crippen molar-refractivity contribution in [1.29, 1.82) is 0 Å². The fraction of sp³-hybridized carbons (Fsp3) is 0.111. The Morgan fingerprint density at radius 2 is 1.55 bits per heavy atom. The summed E-state index contributed by atoms with van der Waals surface area (Å²) in [7, 11) is 0. The zero-order valence-electron chi connectivity index (χ0n) is 21.1. The first-order chi connectivity index (χ1) is 18.8. The zero-order valence-corrected chi connectivity index (χ0v) is 22.0. The summed E-state index contributed by atoms with van der Waals surface area (Å²) in [5.41, 5.74) is 10.2. The summed E-state index contributed by atoms with van der Waals surface area (Å²) in [6, 6.07) is 35.5. The third-order valence-electron chi connectivity index (χ3n) is 8.01. The molecule has 3 atom stereocenters. The van der Waals surface area contributed by atoms with Gasteiger partial charge in [-0.05, 0) is 70.1 Å². The average molecular weight is 508 g/mol. The van der Waals surface area contributed by atoms with Gasteiger partial charge in [-0.15, -0.1) is 12.6 Å². The highest BCUT2D eigenvalue weighted by Crippen LogP contribution is 2.48. The Morgan fingerprint density at radius 3 is 2.50 bits per heavy atom. The van der Waals surface area contributed by atoms with E-state index in [-0.39, 0.29) is 0 Å². The molecule has 0 N–H and O–H groups in total. The van der Waals surface area contributed by atoms with Gasteiger partial charge in [-0.25, -0.2) is 0 Å². The first-order valence-electron chi connectivity index (χ1n) is 13.4. The van der Waals surface area contributed by atoms with Gasteiger partial charge in [0, 0.05) is 28.1 Å². The van der Waals surface area contributed by atoms with Crippen LogP contribution in [0.15, 0.2) is 144 Å². The summed E-state index contributed by atoms with van der Waals surface area (Å²) < 4.78 is 0. The molecule has 1 aliphatic heterocycles. The fourth-order valence-corrected chi connectivity index (χ4v) is 6.48. The van der Waals surface area contributed by atoms with Crippen molar-refractivity contribution in [2.45, 2.75) is 29.2 Å². The van der Waals surface area contributed by atoms with Crippen molar-refractivity contribution < 1.29 is 0 Å². The monoisotopic (exact) mass is 507 g/mol. The molecule has 38 heavy (non-hydrogen) atoms. The van der Waals surface area contributed by atoms with E-state index < -0.39 is 0 Å². The first-order valence-corrected chi connectivity index (χ1v) is 13.8. The van der Waals surface area contributed by atoms with Crippen LogP contribution in [0.5, 0.6) is 0 Å². The Labute approximate surface area is 230 Å². The molecule has 1 nitrogen and oxygen atoms in total. The number of allylic oxidation sites excluding steroid dienone is 6. The Morgan fingerprint density at radius 1 is 0.737 bits per heavy atom. The molecule has 4 aromatic rings. The van der Waals surface area contributed by atoms with E-state index in [0.29, 0.717) is 17.9 Å².